The molecule has 0 bridgehead atoms. The van der Waals surface area contributed by atoms with Gasteiger partial charge >= 0.3 is 12.2 Å². The van der Waals surface area contributed by atoms with Gasteiger partial charge in [-0.2, -0.15) is 13.2 Å². The molecule has 0 radical (unpaired) electrons. The van der Waals surface area contributed by atoms with E-state index >= 15 is 0 Å². The molecule has 2 heterocycles. The monoisotopic (exact) mass is 429 g/mol. The molecule has 156 valence electrons. The Morgan fingerprint density at radius 3 is 2.66 bits per heavy atom. The van der Waals surface area contributed by atoms with Crippen molar-refractivity contribution in [3.05, 3.63) is 46.4 Å². The summed E-state index contributed by atoms with van der Waals surface area (Å²) in [5, 5.41) is 4.46. The van der Waals surface area contributed by atoms with Gasteiger partial charge in [-0.1, -0.05) is 11.6 Å². The molecule has 2 N–H and O–H groups in total. The van der Waals surface area contributed by atoms with Crippen LogP contribution < -0.4 is 15.5 Å². The SMILES string of the molecule is Cc1cc(N2CCOCC2)nc(CNC(=O)Nc2ccc(Cl)c(C(F)(F)F)c2)n1. The molecule has 2 aromatic rings. The summed E-state index contributed by atoms with van der Waals surface area (Å²) in [5.74, 6) is 1.14. The van der Waals surface area contributed by atoms with Gasteiger partial charge in [-0.05, 0) is 25.1 Å². The van der Waals surface area contributed by atoms with Crippen molar-refractivity contribution in [2.45, 2.75) is 19.6 Å². The first kappa shape index (κ1) is 21.1. The van der Waals surface area contributed by atoms with Crippen LogP contribution in [0.25, 0.3) is 0 Å². The third-order valence-corrected chi connectivity index (χ3v) is 4.49. The number of hydrogen-bond acceptors (Lipinski definition) is 5. The molecule has 1 fully saturated rings. The number of ether oxygens (including phenoxy) is 1. The molecule has 3 rings (SSSR count). The fourth-order valence-corrected chi connectivity index (χ4v) is 3.03. The Morgan fingerprint density at radius 1 is 1.24 bits per heavy atom. The van der Waals surface area contributed by atoms with Crippen molar-refractivity contribution < 1.29 is 22.7 Å². The van der Waals surface area contributed by atoms with Crippen molar-refractivity contribution in [3.63, 3.8) is 0 Å². The maximum Gasteiger partial charge on any atom is 0.417 e. The van der Waals surface area contributed by atoms with Gasteiger partial charge in [0.15, 0.2) is 0 Å². The van der Waals surface area contributed by atoms with Crippen LogP contribution in [0.3, 0.4) is 0 Å². The first-order valence-corrected chi connectivity index (χ1v) is 9.19. The zero-order valence-corrected chi connectivity index (χ0v) is 16.3. The van der Waals surface area contributed by atoms with Gasteiger partial charge in [0, 0.05) is 30.5 Å². The van der Waals surface area contributed by atoms with E-state index in [0.29, 0.717) is 32.1 Å². The van der Waals surface area contributed by atoms with E-state index in [0.717, 1.165) is 23.6 Å². The van der Waals surface area contributed by atoms with Crippen LogP contribution in [0.15, 0.2) is 24.3 Å². The lowest BCUT2D eigenvalue weighted by molar-refractivity contribution is -0.137. The lowest BCUT2D eigenvalue weighted by atomic mass is 10.2. The summed E-state index contributed by atoms with van der Waals surface area (Å²) in [4.78, 5) is 22.9. The van der Waals surface area contributed by atoms with Gasteiger partial charge in [-0.25, -0.2) is 14.8 Å². The van der Waals surface area contributed by atoms with Gasteiger partial charge in [0.2, 0.25) is 0 Å². The molecule has 0 atom stereocenters. The van der Waals surface area contributed by atoms with Gasteiger partial charge in [0.05, 0.1) is 30.3 Å². The number of nitrogens with one attached hydrogen (secondary N) is 2. The lowest BCUT2D eigenvalue weighted by Crippen LogP contribution is -2.37. The van der Waals surface area contributed by atoms with E-state index in [1.54, 1.807) is 0 Å². The fourth-order valence-electron chi connectivity index (χ4n) is 2.80. The highest BCUT2D eigenvalue weighted by molar-refractivity contribution is 6.31. The average Bonchev–Trinajstić information content (AvgIpc) is 2.67. The molecule has 29 heavy (non-hydrogen) atoms. The molecule has 0 aliphatic carbocycles. The summed E-state index contributed by atoms with van der Waals surface area (Å²) in [6.45, 7) is 4.48. The number of halogens is 4. The van der Waals surface area contributed by atoms with Crippen LogP contribution in [0.4, 0.5) is 29.5 Å². The molecule has 0 unspecified atom stereocenters. The summed E-state index contributed by atoms with van der Waals surface area (Å²) in [5.41, 5.74) is -0.307. The summed E-state index contributed by atoms with van der Waals surface area (Å²) in [6.07, 6.45) is -4.61. The zero-order valence-electron chi connectivity index (χ0n) is 15.5. The van der Waals surface area contributed by atoms with Crippen molar-refractivity contribution in [2.24, 2.45) is 0 Å². The third kappa shape index (κ3) is 5.70. The van der Waals surface area contributed by atoms with Gasteiger partial charge in [0.25, 0.3) is 0 Å². The Hall–Kier alpha value is -2.59. The summed E-state index contributed by atoms with van der Waals surface area (Å²) in [6, 6.07) is 4.32. The maximum absolute atomic E-state index is 12.9. The van der Waals surface area contributed by atoms with Crippen LogP contribution in [0, 0.1) is 6.92 Å². The molecule has 0 spiro atoms. The Bertz CT molecular complexity index is 888. The zero-order chi connectivity index (χ0) is 21.0. The number of nitrogens with zero attached hydrogens (tertiary/aromatic N) is 3. The minimum absolute atomic E-state index is 0.0184. The molecular formula is C18H19ClF3N5O2. The molecule has 1 aliphatic rings. The minimum Gasteiger partial charge on any atom is -0.378 e. The van der Waals surface area contributed by atoms with E-state index in [1.807, 2.05) is 13.0 Å². The lowest BCUT2D eigenvalue weighted by Gasteiger charge is -2.28. The maximum atomic E-state index is 12.9. The molecular weight excluding hydrogens is 411 g/mol. The van der Waals surface area contributed by atoms with Crippen LogP contribution in [-0.4, -0.2) is 42.3 Å². The number of morpholine rings is 1. The smallest absolute Gasteiger partial charge is 0.378 e. The first-order chi connectivity index (χ1) is 13.7. The van der Waals surface area contributed by atoms with Gasteiger partial charge in [-0.3, -0.25) is 0 Å². The molecule has 1 saturated heterocycles. The normalized spacial score (nSPS) is 14.6. The van der Waals surface area contributed by atoms with Crippen LogP contribution >= 0.6 is 11.6 Å². The van der Waals surface area contributed by atoms with Gasteiger partial charge < -0.3 is 20.3 Å². The van der Waals surface area contributed by atoms with Crippen molar-refractivity contribution in [2.75, 3.05) is 36.5 Å². The number of rotatable bonds is 4. The van der Waals surface area contributed by atoms with Crippen LogP contribution in [0.2, 0.25) is 5.02 Å². The van der Waals surface area contributed by atoms with E-state index in [9.17, 15) is 18.0 Å². The second-order valence-electron chi connectivity index (χ2n) is 6.38. The predicted molar refractivity (Wildman–Crippen MR) is 102 cm³/mol. The highest BCUT2D eigenvalue weighted by Crippen LogP contribution is 2.36. The van der Waals surface area contributed by atoms with E-state index in [4.69, 9.17) is 16.3 Å². The molecule has 0 saturated carbocycles. The molecule has 1 aliphatic heterocycles. The quantitative estimate of drug-likeness (QED) is 0.776. The molecule has 1 aromatic heterocycles. The number of anilines is 2. The number of carbonyl (C=O) groups is 1. The Balaban J connectivity index is 1.63. The highest BCUT2D eigenvalue weighted by Gasteiger charge is 2.33. The number of hydrogen-bond donors (Lipinski definition) is 2. The summed E-state index contributed by atoms with van der Waals surface area (Å²) < 4.78 is 44.1. The predicted octanol–water partition coefficient (Wildman–Crippen LogP) is 3.62. The fraction of sp³-hybridized carbons (Fsp3) is 0.389. The van der Waals surface area contributed by atoms with Crippen molar-refractivity contribution in [1.29, 1.82) is 0 Å². The number of benzene rings is 1. The van der Waals surface area contributed by atoms with E-state index in [2.05, 4.69) is 25.5 Å². The van der Waals surface area contributed by atoms with Crippen LogP contribution in [-0.2, 0) is 17.5 Å². The molecule has 11 heteroatoms. The highest BCUT2D eigenvalue weighted by atomic mass is 35.5. The number of carbonyl (C=O) groups excluding carboxylic acids is 1. The number of urea groups is 1. The van der Waals surface area contributed by atoms with Crippen LogP contribution in [0.5, 0.6) is 0 Å². The van der Waals surface area contributed by atoms with E-state index in [1.165, 1.54) is 6.07 Å². The minimum atomic E-state index is -4.61. The summed E-state index contributed by atoms with van der Waals surface area (Å²) >= 11 is 5.58. The Morgan fingerprint density at radius 2 is 1.97 bits per heavy atom. The first-order valence-electron chi connectivity index (χ1n) is 8.81. The summed E-state index contributed by atoms with van der Waals surface area (Å²) in [7, 11) is 0. The Labute approximate surface area is 170 Å². The molecule has 7 nitrogen and oxygen atoms in total. The molecule has 1 aromatic carbocycles. The number of aromatic nitrogens is 2. The number of amides is 2. The number of aryl methyl sites for hydroxylation is 1. The number of alkyl halides is 3. The second-order valence-corrected chi connectivity index (χ2v) is 6.79. The van der Waals surface area contributed by atoms with Crippen molar-refractivity contribution in [3.8, 4) is 0 Å². The molecule has 2 amide bonds. The Kier molecular flexibility index (Phi) is 6.43. The van der Waals surface area contributed by atoms with Crippen LogP contribution in [0.1, 0.15) is 17.1 Å². The van der Waals surface area contributed by atoms with Crippen molar-refractivity contribution in [1.82, 2.24) is 15.3 Å². The third-order valence-electron chi connectivity index (χ3n) is 4.16. The standard InChI is InChI=1S/C18H19ClF3N5O2/c1-11-8-16(27-4-6-29-7-5-27)26-15(24-11)10-23-17(28)25-12-2-3-14(19)13(9-12)18(20,21)22/h2-3,8-9H,4-7,10H2,1H3,(H2,23,25,28). The van der Waals surface area contributed by atoms with Gasteiger partial charge in [0.1, 0.15) is 11.6 Å². The largest absolute Gasteiger partial charge is 0.417 e. The van der Waals surface area contributed by atoms with E-state index < -0.39 is 22.8 Å². The van der Waals surface area contributed by atoms with E-state index in [-0.39, 0.29) is 12.2 Å². The topological polar surface area (TPSA) is 79.4 Å². The van der Waals surface area contributed by atoms with Gasteiger partial charge in [-0.15, -0.1) is 0 Å². The van der Waals surface area contributed by atoms with Crippen molar-refractivity contribution >= 4 is 29.1 Å². The average molecular weight is 430 g/mol. The second kappa shape index (κ2) is 8.83.